The van der Waals surface area contributed by atoms with Crippen molar-refractivity contribution in [2.75, 3.05) is 7.11 Å². The van der Waals surface area contributed by atoms with E-state index in [1.807, 2.05) is 30.4 Å². The van der Waals surface area contributed by atoms with Gasteiger partial charge in [-0.15, -0.1) is 10.2 Å². The second kappa shape index (κ2) is 7.03. The molecule has 0 saturated heterocycles. The summed E-state index contributed by atoms with van der Waals surface area (Å²) in [5.74, 6) is -0.384. The molecule has 0 unspecified atom stereocenters. The highest BCUT2D eigenvalue weighted by atomic mass is 19.1. The van der Waals surface area contributed by atoms with E-state index in [9.17, 15) is 8.78 Å². The summed E-state index contributed by atoms with van der Waals surface area (Å²) in [4.78, 5) is 0. The SMILES string of the molecule is COc1cc(F)cc(F)c1CCc1ccc(-c2c(C)noc2C)c2nncn12. The third-order valence-corrected chi connectivity index (χ3v) is 4.81. The van der Waals surface area contributed by atoms with E-state index in [1.54, 1.807) is 6.33 Å². The highest BCUT2D eigenvalue weighted by Gasteiger charge is 2.18. The van der Waals surface area contributed by atoms with Crippen LogP contribution in [0.4, 0.5) is 8.78 Å². The van der Waals surface area contributed by atoms with Gasteiger partial charge >= 0.3 is 0 Å². The van der Waals surface area contributed by atoms with Crippen molar-refractivity contribution in [3.63, 3.8) is 0 Å². The smallest absolute Gasteiger partial charge is 0.168 e. The van der Waals surface area contributed by atoms with Gasteiger partial charge in [0.1, 0.15) is 29.5 Å². The highest BCUT2D eigenvalue weighted by Crippen LogP contribution is 2.31. The maximum Gasteiger partial charge on any atom is 0.168 e. The number of hydrogen-bond acceptors (Lipinski definition) is 5. The first-order chi connectivity index (χ1) is 13.5. The number of benzene rings is 1. The predicted molar refractivity (Wildman–Crippen MR) is 98.3 cm³/mol. The van der Waals surface area contributed by atoms with Gasteiger partial charge < -0.3 is 9.26 Å². The number of ether oxygens (including phenoxy) is 1. The number of hydrogen-bond donors (Lipinski definition) is 0. The monoisotopic (exact) mass is 384 g/mol. The van der Waals surface area contributed by atoms with Crippen LogP contribution in [0.2, 0.25) is 0 Å². The molecule has 1 aromatic carbocycles. The average Bonchev–Trinajstić information content (AvgIpc) is 3.28. The fourth-order valence-corrected chi connectivity index (χ4v) is 3.49. The van der Waals surface area contributed by atoms with Crippen LogP contribution in [-0.2, 0) is 12.8 Å². The van der Waals surface area contributed by atoms with Crippen LogP contribution < -0.4 is 4.74 Å². The van der Waals surface area contributed by atoms with Crippen LogP contribution in [0.1, 0.15) is 22.7 Å². The van der Waals surface area contributed by atoms with E-state index in [0.29, 0.717) is 29.8 Å². The number of aryl methyl sites for hydroxylation is 3. The first-order valence-corrected chi connectivity index (χ1v) is 8.76. The van der Waals surface area contributed by atoms with Crippen molar-refractivity contribution in [3.8, 4) is 16.9 Å². The quantitative estimate of drug-likeness (QED) is 0.519. The van der Waals surface area contributed by atoms with Gasteiger partial charge in [0.25, 0.3) is 0 Å². The van der Waals surface area contributed by atoms with Gasteiger partial charge in [0.05, 0.1) is 18.4 Å². The molecule has 0 N–H and O–H groups in total. The van der Waals surface area contributed by atoms with Crippen molar-refractivity contribution >= 4 is 5.65 Å². The molecule has 0 radical (unpaired) electrons. The second-order valence-electron chi connectivity index (χ2n) is 6.53. The molecule has 144 valence electrons. The number of fused-ring (bicyclic) bond motifs is 1. The van der Waals surface area contributed by atoms with E-state index in [4.69, 9.17) is 9.26 Å². The summed E-state index contributed by atoms with van der Waals surface area (Å²) in [7, 11) is 1.40. The van der Waals surface area contributed by atoms with Gasteiger partial charge in [-0.2, -0.15) is 0 Å². The summed E-state index contributed by atoms with van der Waals surface area (Å²) in [5, 5.41) is 12.3. The molecule has 3 heterocycles. The Bertz CT molecular complexity index is 1150. The van der Waals surface area contributed by atoms with Gasteiger partial charge in [0, 0.05) is 29.0 Å². The topological polar surface area (TPSA) is 65.5 Å². The number of halogens is 2. The van der Waals surface area contributed by atoms with E-state index >= 15 is 0 Å². The number of rotatable bonds is 5. The van der Waals surface area contributed by atoms with E-state index in [2.05, 4.69) is 15.4 Å². The van der Waals surface area contributed by atoms with Gasteiger partial charge in [-0.1, -0.05) is 5.16 Å². The minimum Gasteiger partial charge on any atom is -0.496 e. The summed E-state index contributed by atoms with van der Waals surface area (Å²) in [6, 6.07) is 5.93. The van der Waals surface area contributed by atoms with Crippen molar-refractivity contribution in [3.05, 3.63) is 64.9 Å². The summed E-state index contributed by atoms with van der Waals surface area (Å²) in [6.07, 6.45) is 2.45. The van der Waals surface area contributed by atoms with Gasteiger partial charge in [0.15, 0.2) is 5.65 Å². The lowest BCUT2D eigenvalue weighted by atomic mass is 10.0. The van der Waals surface area contributed by atoms with E-state index in [0.717, 1.165) is 28.6 Å². The first kappa shape index (κ1) is 18.1. The van der Waals surface area contributed by atoms with Gasteiger partial charge in [0.2, 0.25) is 0 Å². The molecule has 0 aliphatic carbocycles. The zero-order chi connectivity index (χ0) is 19.8. The molecule has 3 aromatic heterocycles. The lowest BCUT2D eigenvalue weighted by Gasteiger charge is -2.12. The standard InChI is InChI=1S/C20H18F2N4O2/c1-11-19(12(2)28-25-11)16-7-5-14(26-10-23-24-20(16)26)4-6-15-17(22)8-13(21)9-18(15)27-3/h5,7-10H,4,6H2,1-3H3. The zero-order valence-corrected chi connectivity index (χ0v) is 15.7. The summed E-state index contributed by atoms with van der Waals surface area (Å²) >= 11 is 0. The molecule has 0 atom stereocenters. The van der Waals surface area contributed by atoms with Crippen molar-refractivity contribution in [2.45, 2.75) is 26.7 Å². The normalized spacial score (nSPS) is 11.3. The Morgan fingerprint density at radius 2 is 1.96 bits per heavy atom. The van der Waals surface area contributed by atoms with Gasteiger partial charge in [-0.25, -0.2) is 8.78 Å². The largest absolute Gasteiger partial charge is 0.496 e. The average molecular weight is 384 g/mol. The molecule has 0 fully saturated rings. The predicted octanol–water partition coefficient (Wildman–Crippen LogP) is 4.07. The fourth-order valence-electron chi connectivity index (χ4n) is 3.49. The van der Waals surface area contributed by atoms with Crippen LogP contribution >= 0.6 is 0 Å². The van der Waals surface area contributed by atoms with Crippen molar-refractivity contribution in [1.82, 2.24) is 19.8 Å². The number of aromatic nitrogens is 4. The minimum absolute atomic E-state index is 0.199. The lowest BCUT2D eigenvalue weighted by Crippen LogP contribution is -2.04. The Kier molecular flexibility index (Phi) is 4.54. The van der Waals surface area contributed by atoms with Crippen LogP contribution in [0.25, 0.3) is 16.8 Å². The Morgan fingerprint density at radius 1 is 1.14 bits per heavy atom. The molecule has 4 rings (SSSR count). The molecule has 6 nitrogen and oxygen atoms in total. The van der Waals surface area contributed by atoms with Crippen LogP contribution in [0.3, 0.4) is 0 Å². The van der Waals surface area contributed by atoms with Crippen molar-refractivity contribution in [2.24, 2.45) is 0 Å². The molecule has 0 aliphatic heterocycles. The maximum atomic E-state index is 14.2. The Balaban J connectivity index is 1.71. The van der Waals surface area contributed by atoms with Gasteiger partial charge in [-0.3, -0.25) is 4.40 Å². The zero-order valence-electron chi connectivity index (χ0n) is 15.7. The molecule has 8 heteroatoms. The Labute approximate surface area is 159 Å². The molecule has 0 saturated carbocycles. The molecular weight excluding hydrogens is 366 g/mol. The van der Waals surface area contributed by atoms with E-state index in [1.165, 1.54) is 13.2 Å². The third kappa shape index (κ3) is 3.00. The van der Waals surface area contributed by atoms with Crippen molar-refractivity contribution in [1.29, 1.82) is 0 Å². The van der Waals surface area contributed by atoms with Gasteiger partial charge in [-0.05, 0) is 38.8 Å². The lowest BCUT2D eigenvalue weighted by molar-refractivity contribution is 0.393. The molecule has 0 aliphatic rings. The van der Waals surface area contributed by atoms with Crippen LogP contribution in [0, 0.1) is 25.5 Å². The first-order valence-electron chi connectivity index (χ1n) is 8.76. The molecule has 28 heavy (non-hydrogen) atoms. The van der Waals surface area contributed by atoms with E-state index < -0.39 is 11.6 Å². The number of nitrogens with zero attached hydrogens (tertiary/aromatic N) is 4. The van der Waals surface area contributed by atoms with Crippen LogP contribution in [-0.4, -0.2) is 26.9 Å². The summed E-state index contributed by atoms with van der Waals surface area (Å²) in [5.41, 5.74) is 4.41. The summed E-state index contributed by atoms with van der Waals surface area (Å²) < 4.78 is 39.9. The van der Waals surface area contributed by atoms with Crippen LogP contribution in [0.15, 0.2) is 35.1 Å². The van der Waals surface area contributed by atoms with E-state index in [-0.39, 0.29) is 5.75 Å². The maximum absolute atomic E-state index is 14.2. The van der Waals surface area contributed by atoms with Crippen molar-refractivity contribution < 1.29 is 18.0 Å². The molecule has 0 amide bonds. The fraction of sp³-hybridized carbons (Fsp3) is 0.250. The molecule has 0 spiro atoms. The minimum atomic E-state index is -0.664. The third-order valence-electron chi connectivity index (χ3n) is 4.81. The Morgan fingerprint density at radius 3 is 2.68 bits per heavy atom. The number of methoxy groups -OCH3 is 1. The van der Waals surface area contributed by atoms with Crippen LogP contribution in [0.5, 0.6) is 5.75 Å². The Hall–Kier alpha value is -3.29. The molecular formula is C20H18F2N4O2. The molecule has 4 aromatic rings. The highest BCUT2D eigenvalue weighted by molar-refractivity contribution is 5.80. The number of pyridine rings is 1. The second-order valence-corrected chi connectivity index (χ2v) is 6.53. The summed E-state index contributed by atoms with van der Waals surface area (Å²) in [6.45, 7) is 3.72. The molecule has 0 bridgehead atoms.